The van der Waals surface area contributed by atoms with Crippen LogP contribution in [0.2, 0.25) is 0 Å². The second kappa shape index (κ2) is 20.3. The summed E-state index contributed by atoms with van der Waals surface area (Å²) in [6, 6.07) is 0. The van der Waals surface area contributed by atoms with Crippen LogP contribution in [0.25, 0.3) is 0 Å². The number of aliphatic carboxylic acids is 1. The molecule has 0 saturated heterocycles. The zero-order valence-corrected chi connectivity index (χ0v) is 20.6. The summed E-state index contributed by atoms with van der Waals surface area (Å²) in [5.41, 5.74) is 0. The zero-order valence-electron chi connectivity index (χ0n) is 20.6. The Morgan fingerprint density at radius 1 is 0.733 bits per heavy atom. The van der Waals surface area contributed by atoms with E-state index >= 15 is 0 Å². The van der Waals surface area contributed by atoms with Gasteiger partial charge in [-0.15, -0.1) is 0 Å². The Bertz CT molecular complexity index is 384. The standard InChI is InChI=1S/C26H53NO3/c1-4-5-6-7-8-9-10-11-12-13-14-15-16-17-18-21-25(28)24-27(2,3)23-20-19-22-26(29)30/h25,28H,4-24H2,1-3H3. The summed E-state index contributed by atoms with van der Waals surface area (Å²) in [6.07, 6.45) is 22.8. The second-order valence-electron chi connectivity index (χ2n) is 10.1. The number of hydrogen-bond acceptors (Lipinski definition) is 3. The number of nitrogens with zero attached hydrogens (tertiary/aromatic N) is 1. The maximum absolute atomic E-state index is 10.5. The molecule has 0 saturated carbocycles. The minimum Gasteiger partial charge on any atom is -0.550 e. The summed E-state index contributed by atoms with van der Waals surface area (Å²) in [7, 11) is 4.24. The number of rotatable bonds is 23. The van der Waals surface area contributed by atoms with E-state index in [1.165, 1.54) is 89.9 Å². The van der Waals surface area contributed by atoms with Gasteiger partial charge >= 0.3 is 0 Å². The molecule has 0 aromatic carbocycles. The van der Waals surface area contributed by atoms with Crippen LogP contribution in [-0.2, 0) is 4.79 Å². The van der Waals surface area contributed by atoms with Gasteiger partial charge in [0.25, 0.3) is 0 Å². The Labute approximate surface area is 188 Å². The lowest BCUT2D eigenvalue weighted by Crippen LogP contribution is -2.46. The molecule has 180 valence electrons. The molecule has 0 fully saturated rings. The molecule has 0 rings (SSSR count). The first kappa shape index (κ1) is 29.4. The van der Waals surface area contributed by atoms with E-state index < -0.39 is 5.97 Å². The van der Waals surface area contributed by atoms with Crippen LogP contribution in [0.4, 0.5) is 0 Å². The fourth-order valence-electron chi connectivity index (χ4n) is 4.31. The average molecular weight is 428 g/mol. The van der Waals surface area contributed by atoms with Crippen LogP contribution >= 0.6 is 0 Å². The number of carbonyl (C=O) groups is 1. The van der Waals surface area contributed by atoms with Gasteiger partial charge in [-0.1, -0.05) is 103 Å². The molecule has 0 aromatic rings. The maximum Gasteiger partial charge on any atom is 0.105 e. The van der Waals surface area contributed by atoms with E-state index in [1.807, 2.05) is 0 Å². The van der Waals surface area contributed by atoms with Crippen molar-refractivity contribution in [3.8, 4) is 0 Å². The van der Waals surface area contributed by atoms with Crippen molar-refractivity contribution in [2.24, 2.45) is 0 Å². The highest BCUT2D eigenvalue weighted by molar-refractivity contribution is 5.64. The van der Waals surface area contributed by atoms with E-state index in [9.17, 15) is 15.0 Å². The molecule has 0 bridgehead atoms. The molecule has 0 aliphatic heterocycles. The number of aliphatic hydroxyl groups excluding tert-OH is 1. The van der Waals surface area contributed by atoms with E-state index in [0.29, 0.717) is 6.42 Å². The largest absolute Gasteiger partial charge is 0.550 e. The number of carboxylic acid groups (broad SMARTS) is 1. The predicted molar refractivity (Wildman–Crippen MR) is 126 cm³/mol. The molecular formula is C26H53NO3. The van der Waals surface area contributed by atoms with E-state index in [-0.39, 0.29) is 12.5 Å². The first-order valence-electron chi connectivity index (χ1n) is 13.1. The average Bonchev–Trinajstić information content (AvgIpc) is 2.67. The fourth-order valence-corrected chi connectivity index (χ4v) is 4.31. The minimum absolute atomic E-state index is 0.141. The third kappa shape index (κ3) is 22.1. The molecule has 0 spiro atoms. The zero-order chi connectivity index (χ0) is 22.5. The summed E-state index contributed by atoms with van der Waals surface area (Å²) in [4.78, 5) is 10.5. The van der Waals surface area contributed by atoms with Gasteiger partial charge in [0.05, 0.1) is 20.6 Å². The van der Waals surface area contributed by atoms with Crippen molar-refractivity contribution in [2.75, 3.05) is 27.2 Å². The fraction of sp³-hybridized carbons (Fsp3) is 0.962. The third-order valence-electron chi connectivity index (χ3n) is 6.24. The van der Waals surface area contributed by atoms with Gasteiger partial charge in [-0.3, -0.25) is 0 Å². The van der Waals surface area contributed by atoms with E-state index in [2.05, 4.69) is 21.0 Å². The van der Waals surface area contributed by atoms with Gasteiger partial charge in [0.15, 0.2) is 0 Å². The lowest BCUT2D eigenvalue weighted by molar-refractivity contribution is -0.893. The first-order valence-corrected chi connectivity index (χ1v) is 13.1. The molecular weight excluding hydrogens is 374 g/mol. The summed E-state index contributed by atoms with van der Waals surface area (Å²) >= 11 is 0. The number of quaternary nitrogens is 1. The maximum atomic E-state index is 10.5. The topological polar surface area (TPSA) is 60.4 Å². The van der Waals surface area contributed by atoms with Crippen LogP contribution in [0.15, 0.2) is 0 Å². The van der Waals surface area contributed by atoms with Crippen LogP contribution in [0.1, 0.15) is 129 Å². The Morgan fingerprint density at radius 2 is 1.17 bits per heavy atom. The van der Waals surface area contributed by atoms with Crippen LogP contribution < -0.4 is 5.11 Å². The molecule has 4 heteroatoms. The lowest BCUT2D eigenvalue weighted by Gasteiger charge is -2.32. The second-order valence-corrected chi connectivity index (χ2v) is 10.1. The van der Waals surface area contributed by atoms with Crippen molar-refractivity contribution in [3.05, 3.63) is 0 Å². The monoisotopic (exact) mass is 427 g/mol. The van der Waals surface area contributed by atoms with Gasteiger partial charge in [-0.05, 0) is 25.7 Å². The number of unbranched alkanes of at least 4 members (excludes halogenated alkanes) is 15. The van der Waals surface area contributed by atoms with Crippen LogP contribution in [0.3, 0.4) is 0 Å². The van der Waals surface area contributed by atoms with Crippen LogP contribution in [0.5, 0.6) is 0 Å². The Hall–Kier alpha value is -0.610. The normalized spacial score (nSPS) is 12.9. The summed E-state index contributed by atoms with van der Waals surface area (Å²) in [5.74, 6) is -0.964. The molecule has 0 aromatic heterocycles. The molecule has 1 unspecified atom stereocenters. The summed E-state index contributed by atoms with van der Waals surface area (Å²) in [5, 5.41) is 20.8. The van der Waals surface area contributed by atoms with Crippen molar-refractivity contribution in [2.45, 2.75) is 135 Å². The first-order chi connectivity index (χ1) is 14.4. The number of aliphatic hydroxyl groups is 1. The van der Waals surface area contributed by atoms with Crippen molar-refractivity contribution >= 4 is 5.97 Å². The summed E-state index contributed by atoms with van der Waals surface area (Å²) in [6.45, 7) is 3.94. The highest BCUT2D eigenvalue weighted by Crippen LogP contribution is 2.15. The van der Waals surface area contributed by atoms with E-state index in [0.717, 1.165) is 36.8 Å². The number of hydrogen-bond donors (Lipinski definition) is 1. The highest BCUT2D eigenvalue weighted by Gasteiger charge is 2.19. The number of likely N-dealkylation sites (N-methyl/N-ethyl adjacent to an activating group) is 1. The molecule has 0 aliphatic carbocycles. The smallest absolute Gasteiger partial charge is 0.105 e. The van der Waals surface area contributed by atoms with Crippen molar-refractivity contribution < 1.29 is 19.5 Å². The number of carbonyl (C=O) groups excluding carboxylic acids is 1. The molecule has 30 heavy (non-hydrogen) atoms. The van der Waals surface area contributed by atoms with Crippen molar-refractivity contribution in [1.82, 2.24) is 0 Å². The summed E-state index contributed by atoms with van der Waals surface area (Å²) < 4.78 is 0.757. The van der Waals surface area contributed by atoms with Crippen LogP contribution in [0, 0.1) is 0 Å². The Kier molecular flexibility index (Phi) is 19.9. The SMILES string of the molecule is CCCCCCCCCCCCCCCCCC(O)C[N+](C)(C)CCCCC(=O)[O-]. The molecule has 0 aliphatic rings. The number of carboxylic acids is 1. The van der Waals surface area contributed by atoms with Crippen molar-refractivity contribution in [3.63, 3.8) is 0 Å². The highest BCUT2D eigenvalue weighted by atomic mass is 16.4. The third-order valence-corrected chi connectivity index (χ3v) is 6.24. The molecule has 4 nitrogen and oxygen atoms in total. The van der Waals surface area contributed by atoms with E-state index in [1.54, 1.807) is 0 Å². The Morgan fingerprint density at radius 3 is 1.60 bits per heavy atom. The Balaban J connectivity index is 3.39. The van der Waals surface area contributed by atoms with Gasteiger partial charge in [-0.2, -0.15) is 0 Å². The van der Waals surface area contributed by atoms with Crippen molar-refractivity contribution in [1.29, 1.82) is 0 Å². The van der Waals surface area contributed by atoms with Gasteiger partial charge in [0.1, 0.15) is 12.6 Å². The molecule has 0 heterocycles. The molecule has 1 atom stereocenters. The molecule has 0 amide bonds. The van der Waals surface area contributed by atoms with Crippen LogP contribution in [-0.4, -0.2) is 48.8 Å². The molecule has 1 N–H and O–H groups in total. The van der Waals surface area contributed by atoms with Gasteiger partial charge in [0.2, 0.25) is 0 Å². The van der Waals surface area contributed by atoms with Gasteiger partial charge in [-0.25, -0.2) is 0 Å². The molecule has 0 radical (unpaired) electrons. The van der Waals surface area contributed by atoms with Gasteiger partial charge < -0.3 is 19.5 Å². The predicted octanol–water partition coefficient (Wildman–Crippen LogP) is 5.61. The minimum atomic E-state index is -0.964. The lowest BCUT2D eigenvalue weighted by atomic mass is 10.0. The quantitative estimate of drug-likeness (QED) is 0.170. The van der Waals surface area contributed by atoms with E-state index in [4.69, 9.17) is 0 Å². The van der Waals surface area contributed by atoms with Gasteiger partial charge in [0, 0.05) is 5.97 Å².